The summed E-state index contributed by atoms with van der Waals surface area (Å²) in [6.07, 6.45) is 3.79. The molecule has 2 heterocycles. The van der Waals surface area contributed by atoms with Crippen molar-refractivity contribution < 1.29 is 29.0 Å². The van der Waals surface area contributed by atoms with E-state index < -0.39 is 5.97 Å². The first kappa shape index (κ1) is 36.5. The van der Waals surface area contributed by atoms with E-state index in [0.29, 0.717) is 62.2 Å². The molecular formula is C41H48ClN3O6. The van der Waals surface area contributed by atoms with Crippen LogP contribution in [0.4, 0.5) is 0 Å². The number of carbonyl (C=O) groups is 3. The summed E-state index contributed by atoms with van der Waals surface area (Å²) in [5.74, 6) is 0.399. The number of fused-ring (bicyclic) bond motifs is 2. The van der Waals surface area contributed by atoms with Crippen LogP contribution in [0.25, 0.3) is 5.57 Å². The van der Waals surface area contributed by atoms with Gasteiger partial charge in [0.2, 0.25) is 5.91 Å². The third kappa shape index (κ3) is 9.13. The number of nitrogens with zero attached hydrogens (tertiary/aromatic N) is 2. The highest BCUT2D eigenvalue weighted by molar-refractivity contribution is 6.32. The Morgan fingerprint density at radius 1 is 0.922 bits per heavy atom. The fraction of sp³-hybridized carbons (Fsp3) is 0.439. The zero-order chi connectivity index (χ0) is 36.1. The van der Waals surface area contributed by atoms with Crippen LogP contribution in [-0.2, 0) is 20.8 Å². The zero-order valence-electron chi connectivity index (χ0n) is 29.8. The highest BCUT2D eigenvalue weighted by Gasteiger charge is 2.43. The van der Waals surface area contributed by atoms with Crippen molar-refractivity contribution in [3.8, 4) is 11.5 Å². The van der Waals surface area contributed by atoms with Gasteiger partial charge in [0.1, 0.15) is 24.7 Å². The molecule has 2 N–H and O–H groups in total. The summed E-state index contributed by atoms with van der Waals surface area (Å²) in [6, 6.07) is 19.9. The normalized spacial score (nSPS) is 18.4. The lowest BCUT2D eigenvalue weighted by molar-refractivity contribution is -0.138. The van der Waals surface area contributed by atoms with E-state index in [1.165, 1.54) is 11.1 Å². The van der Waals surface area contributed by atoms with Gasteiger partial charge < -0.3 is 29.7 Å². The van der Waals surface area contributed by atoms with Gasteiger partial charge in [0.05, 0.1) is 11.1 Å². The first-order valence-electron chi connectivity index (χ1n) is 18.0. The summed E-state index contributed by atoms with van der Waals surface area (Å²) in [7, 11) is 0. The maximum absolute atomic E-state index is 14.7. The van der Waals surface area contributed by atoms with E-state index in [1.54, 1.807) is 0 Å². The van der Waals surface area contributed by atoms with Gasteiger partial charge in [-0.2, -0.15) is 0 Å². The van der Waals surface area contributed by atoms with Gasteiger partial charge >= 0.3 is 5.97 Å². The monoisotopic (exact) mass is 713 g/mol. The number of ether oxygens (including phenoxy) is 2. The van der Waals surface area contributed by atoms with Crippen LogP contribution in [0.5, 0.6) is 11.5 Å². The number of piperazine rings is 1. The number of aryl methyl sites for hydroxylation is 3. The number of carbonyl (C=O) groups excluding carboxylic acids is 2. The molecule has 3 aliphatic rings. The highest BCUT2D eigenvalue weighted by atomic mass is 35.5. The molecule has 2 bridgehead atoms. The molecule has 2 amide bonds. The Morgan fingerprint density at radius 2 is 1.65 bits per heavy atom. The molecule has 1 aliphatic carbocycles. The van der Waals surface area contributed by atoms with Gasteiger partial charge in [-0.25, -0.2) is 0 Å². The number of hydrogen-bond donors (Lipinski definition) is 2. The molecule has 10 heteroatoms. The second kappa shape index (κ2) is 16.3. The average Bonchev–Trinajstić information content (AvgIpc) is 3.95. The zero-order valence-corrected chi connectivity index (χ0v) is 30.5. The van der Waals surface area contributed by atoms with Crippen molar-refractivity contribution in [2.75, 3.05) is 32.8 Å². The van der Waals surface area contributed by atoms with Crippen molar-refractivity contribution in [1.29, 1.82) is 0 Å². The molecule has 0 spiro atoms. The van der Waals surface area contributed by atoms with Crippen LogP contribution in [-0.4, -0.2) is 83.7 Å². The molecule has 3 aromatic rings. The summed E-state index contributed by atoms with van der Waals surface area (Å²) in [5, 5.41) is 13.3. The molecule has 2 fully saturated rings. The van der Waals surface area contributed by atoms with E-state index in [4.69, 9.17) is 26.2 Å². The molecule has 0 radical (unpaired) electrons. The minimum Gasteiger partial charge on any atom is -0.490 e. The maximum Gasteiger partial charge on any atom is 0.303 e. The molecule has 3 aromatic carbocycles. The van der Waals surface area contributed by atoms with Crippen molar-refractivity contribution in [3.63, 3.8) is 0 Å². The Kier molecular flexibility index (Phi) is 11.7. The molecule has 2 atom stereocenters. The lowest BCUT2D eigenvalue weighted by Gasteiger charge is -2.45. The Hall–Kier alpha value is -4.34. The van der Waals surface area contributed by atoms with Crippen LogP contribution in [0.2, 0.25) is 5.02 Å². The second-order valence-corrected chi connectivity index (χ2v) is 14.5. The topological polar surface area (TPSA) is 108 Å². The number of amides is 2. The van der Waals surface area contributed by atoms with E-state index in [-0.39, 0.29) is 42.8 Å². The van der Waals surface area contributed by atoms with Crippen LogP contribution < -0.4 is 14.8 Å². The Morgan fingerprint density at radius 3 is 2.37 bits per heavy atom. The number of rotatable bonds is 15. The average molecular weight is 714 g/mol. The van der Waals surface area contributed by atoms with Gasteiger partial charge in [-0.1, -0.05) is 48.0 Å². The van der Waals surface area contributed by atoms with Gasteiger partial charge in [0.25, 0.3) is 5.91 Å². The molecule has 1 saturated heterocycles. The largest absolute Gasteiger partial charge is 0.490 e. The van der Waals surface area contributed by atoms with E-state index in [1.807, 2.05) is 67.3 Å². The molecule has 1 saturated carbocycles. The number of benzene rings is 3. The first-order valence-corrected chi connectivity index (χ1v) is 18.4. The number of hydrogen-bond acceptors (Lipinski definition) is 6. The minimum absolute atomic E-state index is 0.0228. The number of halogens is 1. The molecule has 270 valence electrons. The van der Waals surface area contributed by atoms with Gasteiger partial charge in [-0.3, -0.25) is 14.4 Å². The fourth-order valence-electron chi connectivity index (χ4n) is 7.17. The van der Waals surface area contributed by atoms with E-state index in [9.17, 15) is 14.4 Å². The number of carboxylic acids is 1. The third-order valence-electron chi connectivity index (χ3n) is 10.3. The number of carboxylic acid groups (broad SMARTS) is 1. The Labute approximate surface area is 305 Å². The van der Waals surface area contributed by atoms with Crippen LogP contribution >= 0.6 is 11.6 Å². The van der Waals surface area contributed by atoms with Crippen LogP contribution in [0, 0.1) is 20.8 Å². The number of aliphatic carboxylic acids is 1. The summed E-state index contributed by atoms with van der Waals surface area (Å²) in [5.41, 5.74) is 7.38. The molecule has 0 aromatic heterocycles. The van der Waals surface area contributed by atoms with E-state index in [2.05, 4.69) is 29.3 Å². The molecule has 9 nitrogen and oxygen atoms in total. The lowest BCUT2D eigenvalue weighted by atomic mass is 9.82. The lowest BCUT2D eigenvalue weighted by Crippen LogP contribution is -2.62. The van der Waals surface area contributed by atoms with Crippen LogP contribution in [0.15, 0.2) is 66.2 Å². The highest BCUT2D eigenvalue weighted by Crippen LogP contribution is 2.37. The van der Waals surface area contributed by atoms with E-state index in [0.717, 1.165) is 47.1 Å². The molecule has 6 rings (SSSR count). The molecule has 0 unspecified atom stereocenters. The van der Waals surface area contributed by atoms with Crippen LogP contribution in [0.1, 0.15) is 66.3 Å². The Bertz CT molecular complexity index is 1790. The number of nitrogens with one attached hydrogen (secondary N) is 1. The van der Waals surface area contributed by atoms with Gasteiger partial charge in [0.15, 0.2) is 0 Å². The summed E-state index contributed by atoms with van der Waals surface area (Å²) in [4.78, 5) is 42.9. The van der Waals surface area contributed by atoms with Gasteiger partial charge in [-0.15, -0.1) is 0 Å². The van der Waals surface area contributed by atoms with Crippen molar-refractivity contribution in [3.05, 3.63) is 99.1 Å². The first-order chi connectivity index (χ1) is 24.6. The van der Waals surface area contributed by atoms with Gasteiger partial charge in [-0.05, 0) is 111 Å². The minimum atomic E-state index is -0.904. The van der Waals surface area contributed by atoms with Crippen molar-refractivity contribution in [1.82, 2.24) is 15.1 Å². The van der Waals surface area contributed by atoms with Crippen molar-refractivity contribution in [2.24, 2.45) is 0 Å². The third-order valence-corrected chi connectivity index (χ3v) is 10.6. The predicted molar refractivity (Wildman–Crippen MR) is 198 cm³/mol. The summed E-state index contributed by atoms with van der Waals surface area (Å²) >= 11 is 6.36. The second-order valence-electron chi connectivity index (χ2n) is 14.1. The van der Waals surface area contributed by atoms with Gasteiger partial charge in [0, 0.05) is 50.1 Å². The standard InChI is InChI=1S/C41H48ClN3O6/c1-26-7-4-5-8-29(26)17-18-45(32-13-14-32)41(49)40-34(23-31-24-44(25-36(40)43-31)38(46)9-6-10-39(47)48)30-11-15-33(16-12-30)50-19-20-51-37-22-28(3)27(2)21-35(37)42/h4-5,7-8,11-12,15-16,21-22,31-32,36,43H,6,9-10,13-14,17-20,23-25H2,1-3H3,(H,47,48)/t31-,36-/m1/s1. The molecule has 51 heavy (non-hydrogen) atoms. The quantitative estimate of drug-likeness (QED) is 0.172. The SMILES string of the molecule is Cc1cc(Cl)c(OCCOc2ccc(C3=C(C(=O)N(CCc4ccccc4C)C4CC4)[C@H]4CN(C(=O)CCCC(=O)O)C[C@@H](C3)N4)cc2)cc1C. The molecule has 2 aliphatic heterocycles. The molecular weight excluding hydrogens is 666 g/mol. The predicted octanol–water partition coefficient (Wildman–Crippen LogP) is 6.54. The maximum atomic E-state index is 14.7. The van der Waals surface area contributed by atoms with Crippen molar-refractivity contribution >= 4 is 35.0 Å². The smallest absolute Gasteiger partial charge is 0.303 e. The fourth-order valence-corrected chi connectivity index (χ4v) is 7.44. The Balaban J connectivity index is 1.20. The summed E-state index contributed by atoms with van der Waals surface area (Å²) < 4.78 is 11.9. The summed E-state index contributed by atoms with van der Waals surface area (Å²) in [6.45, 7) is 8.34. The van der Waals surface area contributed by atoms with Crippen LogP contribution in [0.3, 0.4) is 0 Å². The van der Waals surface area contributed by atoms with Crippen molar-refractivity contribution in [2.45, 2.75) is 83.8 Å². The van der Waals surface area contributed by atoms with E-state index >= 15 is 0 Å².